The van der Waals surface area contributed by atoms with Crippen molar-refractivity contribution in [2.75, 3.05) is 75.6 Å². The van der Waals surface area contributed by atoms with E-state index in [-0.39, 0.29) is 61.2 Å². The van der Waals surface area contributed by atoms with E-state index < -0.39 is 0 Å². The summed E-state index contributed by atoms with van der Waals surface area (Å²) in [5.74, 6) is 2.76. The fourth-order valence-corrected chi connectivity index (χ4v) is 9.32. The van der Waals surface area contributed by atoms with E-state index in [0.717, 1.165) is 47.6 Å². The lowest BCUT2D eigenvalue weighted by Crippen LogP contribution is -2.65. The van der Waals surface area contributed by atoms with Crippen LogP contribution in [-0.4, -0.2) is 120 Å². The first-order chi connectivity index (χ1) is 19.9. The highest BCUT2D eigenvalue weighted by Gasteiger charge is 2.43. The SMILES string of the molecule is CN1CCN(C(=O)CCC(=O)N2CCN(C(=O)Oc3cc4c(c5ccccc35)[C@H](CCl)CN4)[C@@H]3CSSC[C@H]32)CC1.Cl. The first-order valence-corrected chi connectivity index (χ1v) is 17.3. The van der Waals surface area contributed by atoms with Crippen molar-refractivity contribution in [1.29, 1.82) is 0 Å². The zero-order valence-corrected chi connectivity index (χ0v) is 26.8. The van der Waals surface area contributed by atoms with E-state index in [9.17, 15) is 14.4 Å². The molecule has 3 fully saturated rings. The Hall–Kier alpha value is -2.05. The minimum Gasteiger partial charge on any atom is -0.409 e. The summed E-state index contributed by atoms with van der Waals surface area (Å²) in [5.41, 5.74) is 2.13. The third-order valence-electron chi connectivity index (χ3n) is 8.73. The molecular formula is C29H37Cl2N5O4S2. The fraction of sp³-hybridized carbons (Fsp3) is 0.552. The lowest BCUT2D eigenvalue weighted by molar-refractivity contribution is -0.141. The van der Waals surface area contributed by atoms with Gasteiger partial charge in [0.15, 0.2) is 0 Å². The molecular weight excluding hydrogens is 617 g/mol. The van der Waals surface area contributed by atoms with Gasteiger partial charge in [-0.1, -0.05) is 45.9 Å². The zero-order valence-electron chi connectivity index (χ0n) is 23.6. The molecule has 4 heterocycles. The molecule has 4 aliphatic heterocycles. The Bertz CT molecular complexity index is 1330. The maximum absolute atomic E-state index is 13.7. The Labute approximate surface area is 265 Å². The molecule has 0 saturated carbocycles. The van der Waals surface area contributed by atoms with Gasteiger partial charge in [0.25, 0.3) is 0 Å². The quantitative estimate of drug-likeness (QED) is 0.377. The first kappa shape index (κ1) is 31.4. The number of piperazine rings is 2. The third-order valence-corrected chi connectivity index (χ3v) is 11.5. The molecule has 4 aliphatic rings. The molecule has 13 heteroatoms. The molecule has 0 unspecified atom stereocenters. The van der Waals surface area contributed by atoms with E-state index in [0.29, 0.717) is 37.8 Å². The van der Waals surface area contributed by atoms with Crippen molar-refractivity contribution in [3.05, 3.63) is 35.9 Å². The number of hydrogen-bond acceptors (Lipinski definition) is 8. The van der Waals surface area contributed by atoms with Crippen LogP contribution in [0.2, 0.25) is 0 Å². The Morgan fingerprint density at radius 3 is 2.29 bits per heavy atom. The highest BCUT2D eigenvalue weighted by molar-refractivity contribution is 8.76. The van der Waals surface area contributed by atoms with Gasteiger partial charge in [0.2, 0.25) is 11.8 Å². The lowest BCUT2D eigenvalue weighted by atomic mass is 9.95. The molecule has 0 radical (unpaired) electrons. The maximum Gasteiger partial charge on any atom is 0.415 e. The maximum atomic E-state index is 13.7. The van der Waals surface area contributed by atoms with Gasteiger partial charge < -0.3 is 29.7 Å². The van der Waals surface area contributed by atoms with Gasteiger partial charge in [0.05, 0.1) is 12.1 Å². The van der Waals surface area contributed by atoms with Gasteiger partial charge in [-0.15, -0.1) is 24.0 Å². The number of ether oxygens (including phenoxy) is 1. The van der Waals surface area contributed by atoms with Gasteiger partial charge >= 0.3 is 6.09 Å². The second-order valence-corrected chi connectivity index (χ2v) is 14.0. The molecule has 228 valence electrons. The predicted molar refractivity (Wildman–Crippen MR) is 173 cm³/mol. The molecule has 2 aromatic rings. The van der Waals surface area contributed by atoms with Crippen LogP contribution in [0.15, 0.2) is 30.3 Å². The number of carbonyl (C=O) groups excluding carboxylic acids is 3. The number of rotatable bonds is 5. The number of amides is 3. The summed E-state index contributed by atoms with van der Waals surface area (Å²) in [5, 5.41) is 5.36. The van der Waals surface area contributed by atoms with Crippen molar-refractivity contribution in [3.63, 3.8) is 0 Å². The number of likely N-dealkylation sites (N-methyl/N-ethyl adjacent to an activating group) is 1. The van der Waals surface area contributed by atoms with Crippen molar-refractivity contribution in [3.8, 4) is 5.75 Å². The van der Waals surface area contributed by atoms with Crippen LogP contribution >= 0.6 is 45.6 Å². The van der Waals surface area contributed by atoms with E-state index in [2.05, 4.69) is 23.3 Å². The molecule has 9 nitrogen and oxygen atoms in total. The number of alkyl halides is 1. The van der Waals surface area contributed by atoms with Crippen LogP contribution in [0.1, 0.15) is 24.3 Å². The minimum absolute atomic E-state index is 0. The van der Waals surface area contributed by atoms with Gasteiger partial charge in [0, 0.05) is 99.1 Å². The Kier molecular flexibility index (Phi) is 10.2. The average Bonchev–Trinajstić information content (AvgIpc) is 3.42. The van der Waals surface area contributed by atoms with E-state index in [4.69, 9.17) is 16.3 Å². The number of hydrogen-bond donors (Lipinski definition) is 1. The summed E-state index contributed by atoms with van der Waals surface area (Å²) >= 11 is 6.25. The van der Waals surface area contributed by atoms with Crippen LogP contribution in [0.4, 0.5) is 10.5 Å². The van der Waals surface area contributed by atoms with Crippen molar-refractivity contribution in [1.82, 2.24) is 19.6 Å². The van der Waals surface area contributed by atoms with Crippen LogP contribution < -0.4 is 10.1 Å². The molecule has 0 aromatic heterocycles. The molecule has 1 N–H and O–H groups in total. The largest absolute Gasteiger partial charge is 0.415 e. The van der Waals surface area contributed by atoms with Crippen LogP contribution in [-0.2, 0) is 9.59 Å². The van der Waals surface area contributed by atoms with E-state index in [1.807, 2.05) is 34.1 Å². The van der Waals surface area contributed by atoms with Gasteiger partial charge in [-0.25, -0.2) is 4.79 Å². The summed E-state index contributed by atoms with van der Waals surface area (Å²) in [6.07, 6.45) is 0.0455. The predicted octanol–water partition coefficient (Wildman–Crippen LogP) is 4.34. The summed E-state index contributed by atoms with van der Waals surface area (Å²) in [6, 6.07) is 9.67. The summed E-state index contributed by atoms with van der Waals surface area (Å²) in [4.78, 5) is 47.5. The molecule has 3 saturated heterocycles. The van der Waals surface area contributed by atoms with Gasteiger partial charge in [0.1, 0.15) is 5.75 Å². The molecule has 0 aliphatic carbocycles. The number of nitrogens with one attached hydrogen (secondary N) is 1. The topological polar surface area (TPSA) is 85.4 Å². The lowest BCUT2D eigenvalue weighted by Gasteiger charge is -2.48. The molecule has 0 spiro atoms. The number of benzene rings is 2. The van der Waals surface area contributed by atoms with Crippen molar-refractivity contribution >= 4 is 80.0 Å². The van der Waals surface area contributed by atoms with Crippen molar-refractivity contribution in [2.45, 2.75) is 30.8 Å². The van der Waals surface area contributed by atoms with Crippen LogP contribution in [0.3, 0.4) is 0 Å². The second kappa shape index (κ2) is 13.7. The summed E-state index contributed by atoms with van der Waals surface area (Å²) < 4.78 is 6.10. The third kappa shape index (κ3) is 6.26. The van der Waals surface area contributed by atoms with Gasteiger partial charge in [-0.2, -0.15) is 0 Å². The highest BCUT2D eigenvalue weighted by atomic mass is 35.5. The first-order valence-electron chi connectivity index (χ1n) is 14.3. The minimum atomic E-state index is -0.387. The molecule has 6 rings (SSSR count). The number of carbonyl (C=O) groups is 3. The number of anilines is 1. The monoisotopic (exact) mass is 653 g/mol. The summed E-state index contributed by atoms with van der Waals surface area (Å²) in [7, 11) is 5.51. The molecule has 2 aromatic carbocycles. The van der Waals surface area contributed by atoms with Gasteiger partial charge in [-0.05, 0) is 18.0 Å². The summed E-state index contributed by atoms with van der Waals surface area (Å²) in [6.45, 7) is 4.75. The van der Waals surface area contributed by atoms with Crippen LogP contribution in [0.25, 0.3) is 10.8 Å². The number of nitrogens with zero attached hydrogens (tertiary/aromatic N) is 4. The molecule has 42 heavy (non-hydrogen) atoms. The van der Waals surface area contributed by atoms with E-state index in [1.54, 1.807) is 26.5 Å². The van der Waals surface area contributed by atoms with Crippen molar-refractivity contribution in [2.24, 2.45) is 0 Å². The number of halogens is 2. The van der Waals surface area contributed by atoms with E-state index >= 15 is 0 Å². The van der Waals surface area contributed by atoms with Crippen LogP contribution in [0.5, 0.6) is 5.75 Å². The number of fused-ring (bicyclic) bond motifs is 4. The Morgan fingerprint density at radius 2 is 1.57 bits per heavy atom. The smallest absolute Gasteiger partial charge is 0.409 e. The van der Waals surface area contributed by atoms with Gasteiger partial charge in [-0.3, -0.25) is 9.59 Å². The molecule has 0 bridgehead atoms. The Balaban J connectivity index is 0.00000353. The zero-order chi connectivity index (χ0) is 28.5. The Morgan fingerprint density at radius 1 is 0.929 bits per heavy atom. The fourth-order valence-electron chi connectivity index (χ4n) is 6.36. The standard InChI is InChI=1S/C29H36ClN5O4S2.ClH/c1-32-8-10-33(11-9-32)26(36)6-7-27(37)34-12-13-35(24-18-41-40-17-23(24)34)29(38)39-25-14-22-28(19(15-30)16-31-22)21-5-3-2-4-20(21)25;/h2-5,14,19,23-24,31H,6-13,15-18H2,1H3;1H/t19-,23-,24-;/m1./s1. The van der Waals surface area contributed by atoms with Crippen molar-refractivity contribution < 1.29 is 19.1 Å². The molecule has 3 amide bonds. The molecule has 3 atom stereocenters. The normalized spacial score (nSPS) is 24.0. The highest BCUT2D eigenvalue weighted by Crippen LogP contribution is 2.43. The van der Waals surface area contributed by atoms with Crippen LogP contribution in [0, 0.1) is 0 Å². The van der Waals surface area contributed by atoms with E-state index in [1.165, 1.54) is 5.56 Å². The second-order valence-electron chi connectivity index (χ2n) is 11.1. The average molecular weight is 655 g/mol.